The Morgan fingerprint density at radius 3 is 2.64 bits per heavy atom. The van der Waals surface area contributed by atoms with E-state index in [4.69, 9.17) is 16.6 Å². The van der Waals surface area contributed by atoms with Crippen molar-refractivity contribution in [2.45, 2.75) is 37.9 Å². The predicted octanol–water partition coefficient (Wildman–Crippen LogP) is -0.295. The maximum atomic E-state index is 12.4. The first-order valence-corrected chi connectivity index (χ1v) is 10.0. The van der Waals surface area contributed by atoms with E-state index < -0.39 is 23.9 Å². The van der Waals surface area contributed by atoms with Gasteiger partial charge < -0.3 is 27.0 Å². The van der Waals surface area contributed by atoms with Crippen molar-refractivity contribution in [3.63, 3.8) is 0 Å². The van der Waals surface area contributed by atoms with Crippen molar-refractivity contribution in [3.8, 4) is 0 Å². The number of carbonyl (C=O) groups is 3. The Bertz CT molecular complexity index is 1150. The third-order valence-electron chi connectivity index (χ3n) is 5.07. The van der Waals surface area contributed by atoms with Crippen molar-refractivity contribution < 1.29 is 24.6 Å². The molecule has 13 nitrogen and oxygen atoms in total. The van der Waals surface area contributed by atoms with Crippen molar-refractivity contribution >= 4 is 40.8 Å². The molecule has 3 rings (SSSR count). The summed E-state index contributed by atoms with van der Waals surface area (Å²) in [6.07, 6.45) is 6.66. The summed E-state index contributed by atoms with van der Waals surface area (Å²) in [6.45, 7) is 0.438. The number of anilines is 2. The third kappa shape index (κ3) is 5.98. The average molecular weight is 470 g/mol. The lowest BCUT2D eigenvalue weighted by atomic mass is 10.5. The molecule has 2 aromatic rings. The van der Waals surface area contributed by atoms with Crippen LogP contribution in [0.5, 0.6) is 0 Å². The highest BCUT2D eigenvalue weighted by Gasteiger charge is 2.24. The number of rotatable bonds is 9. The largest absolute Gasteiger partial charge is 0.481 e. The van der Waals surface area contributed by atoms with Crippen LogP contribution in [-0.4, -0.2) is 72.0 Å². The van der Waals surface area contributed by atoms with Crippen LogP contribution in [0.25, 0.3) is 11.2 Å². The summed E-state index contributed by atoms with van der Waals surface area (Å²) in [5.41, 5.74) is 13.1. The zero-order valence-corrected chi connectivity index (χ0v) is 17.8. The van der Waals surface area contributed by atoms with Crippen molar-refractivity contribution in [2.24, 2.45) is 0 Å². The van der Waals surface area contributed by atoms with E-state index >= 15 is 0 Å². The number of carboxylic acid groups (broad SMARTS) is 2. The molecular formula is C20H24N8O5. The molecule has 7 N–H and O–H groups in total. The van der Waals surface area contributed by atoms with Crippen LogP contribution in [0.4, 0.5) is 11.8 Å². The summed E-state index contributed by atoms with van der Waals surface area (Å²) in [4.78, 5) is 53.0. The van der Waals surface area contributed by atoms with Gasteiger partial charge in [-0.3, -0.25) is 14.5 Å². The summed E-state index contributed by atoms with van der Waals surface area (Å²) in [7, 11) is 1.88. The molecule has 1 aliphatic rings. The highest BCUT2D eigenvalue weighted by atomic mass is 16.5. The molecule has 1 unspecified atom stereocenters. The lowest BCUT2D eigenvalue weighted by molar-refractivity contribution is -0.142. The molecule has 174 valence electrons. The van der Waals surface area contributed by atoms with E-state index in [1.807, 2.05) is 18.0 Å². The monoisotopic (exact) mass is 470 g/mol. The fourth-order valence-electron chi connectivity index (χ4n) is 3.30. The van der Waals surface area contributed by atoms with Crippen molar-refractivity contribution in [3.05, 3.63) is 35.7 Å². The van der Waals surface area contributed by atoms with Crippen LogP contribution in [0.1, 0.15) is 25.0 Å². The van der Waals surface area contributed by atoms with E-state index in [0.29, 0.717) is 35.4 Å². The summed E-state index contributed by atoms with van der Waals surface area (Å²) in [5, 5.41) is 20.3. The van der Waals surface area contributed by atoms with E-state index in [0.717, 1.165) is 0 Å². The van der Waals surface area contributed by atoms with E-state index in [9.17, 15) is 19.5 Å². The van der Waals surface area contributed by atoms with Gasteiger partial charge in [-0.15, -0.1) is 0 Å². The minimum absolute atomic E-state index is 0.0229. The molecule has 0 radical (unpaired) electrons. The highest BCUT2D eigenvalue weighted by molar-refractivity contribution is 5.98. The summed E-state index contributed by atoms with van der Waals surface area (Å²) in [6, 6.07) is -1.32. The van der Waals surface area contributed by atoms with Gasteiger partial charge in [-0.25, -0.2) is 14.8 Å². The molecule has 0 fully saturated rings. The minimum Gasteiger partial charge on any atom is -0.481 e. The number of nitrogen functional groups attached to an aromatic ring is 2. The second-order valence-corrected chi connectivity index (χ2v) is 7.53. The zero-order chi connectivity index (χ0) is 24.1. The van der Waals surface area contributed by atoms with Crippen molar-refractivity contribution in [2.75, 3.05) is 18.5 Å². The molecule has 0 aliphatic heterocycles. The number of hydrogen-bond acceptors (Lipinski definition) is 10. The number of aliphatic carboxylic acids is 2. The van der Waals surface area contributed by atoms with Gasteiger partial charge in [0.2, 0.25) is 5.95 Å². The number of amides is 1. The van der Waals surface area contributed by atoms with Crippen LogP contribution in [0.15, 0.2) is 30.0 Å². The molecule has 0 aromatic carbocycles. The van der Waals surface area contributed by atoms with E-state index in [2.05, 4.69) is 25.3 Å². The number of hydrogen-bond donors (Lipinski definition) is 5. The first-order chi connectivity index (χ1) is 15.6. The first kappa shape index (κ1) is 23.5. The van der Waals surface area contributed by atoms with Crippen LogP contribution in [-0.2, 0) is 20.9 Å². The molecule has 13 heteroatoms. The molecule has 2 heterocycles. The fraction of sp³-hybridized carbons (Fsp3) is 0.350. The van der Waals surface area contributed by atoms with Gasteiger partial charge in [0.25, 0.3) is 5.91 Å². The lowest BCUT2D eigenvalue weighted by Gasteiger charge is -2.26. The number of nitrogens with one attached hydrogen (secondary N) is 1. The van der Waals surface area contributed by atoms with Gasteiger partial charge in [-0.1, -0.05) is 18.2 Å². The topological polar surface area (TPSA) is 211 Å². The average Bonchev–Trinajstić information content (AvgIpc) is 2.76. The first-order valence-electron chi connectivity index (χ1n) is 10.0. The number of carbonyl (C=O) groups excluding carboxylic acids is 1. The molecule has 0 saturated carbocycles. The van der Waals surface area contributed by atoms with Crippen molar-refractivity contribution in [1.82, 2.24) is 30.2 Å². The SMILES string of the molecule is CN([13CH2][13c]1[13cH]nc2nc(N)nc(N)c2n1)[13CH]1[13CH]=[13CH][13C](C(=O)N[13C@@H]([13CH2][13CH2][13C](=O)O)[13C](=O)O)=[13CH][13CH2]1. The van der Waals surface area contributed by atoms with Gasteiger partial charge in [-0.05, 0) is 19.9 Å². The van der Waals surface area contributed by atoms with Gasteiger partial charge >= 0.3 is 11.9 Å². The Morgan fingerprint density at radius 2 is 2.00 bits per heavy atom. The molecule has 1 amide bonds. The molecule has 33 heavy (non-hydrogen) atoms. The maximum Gasteiger partial charge on any atom is 0.326 e. The summed E-state index contributed by atoms with van der Waals surface area (Å²) in [5.74, 6) is -2.81. The quantitative estimate of drug-likeness (QED) is 0.299. The fourth-order valence-corrected chi connectivity index (χ4v) is 3.30. The van der Waals surface area contributed by atoms with Gasteiger partial charge in [0.05, 0.1) is 11.9 Å². The second kappa shape index (κ2) is 9.99. The number of carboxylic acids is 2. The molecule has 0 saturated heterocycles. The smallest absolute Gasteiger partial charge is 0.326 e. The molecule has 2 aromatic heterocycles. The second-order valence-electron chi connectivity index (χ2n) is 7.53. The molecular weight excluding hydrogens is 446 g/mol. The normalized spacial score (nSPS) is 16.4. The van der Waals surface area contributed by atoms with Gasteiger partial charge in [0, 0.05) is 24.6 Å². The number of fused-ring (bicyclic) bond motifs is 1. The van der Waals surface area contributed by atoms with E-state index in [-0.39, 0.29) is 30.6 Å². The van der Waals surface area contributed by atoms with Crippen LogP contribution < -0.4 is 16.8 Å². The van der Waals surface area contributed by atoms with Crippen LogP contribution in [0, 0.1) is 0 Å². The Morgan fingerprint density at radius 1 is 1.24 bits per heavy atom. The molecule has 0 bridgehead atoms. The minimum atomic E-state index is -1.28. The predicted molar refractivity (Wildman–Crippen MR) is 117 cm³/mol. The van der Waals surface area contributed by atoms with Gasteiger partial charge in [0.1, 0.15) is 6.04 Å². The Kier molecular flexibility index (Phi) is 7.13. The third-order valence-corrected chi connectivity index (χ3v) is 5.07. The Labute approximate surface area is 188 Å². The van der Waals surface area contributed by atoms with Crippen LogP contribution in [0.2, 0.25) is 0 Å². The van der Waals surface area contributed by atoms with Gasteiger partial charge in [-0.2, -0.15) is 9.97 Å². The van der Waals surface area contributed by atoms with Crippen LogP contribution in [0.3, 0.4) is 0 Å². The number of nitrogens with two attached hydrogens (primary N) is 2. The lowest BCUT2D eigenvalue weighted by Crippen LogP contribution is -2.42. The number of nitrogens with zero attached hydrogens (tertiary/aromatic N) is 5. The summed E-state index contributed by atoms with van der Waals surface area (Å²) < 4.78 is 0. The van der Waals surface area contributed by atoms with E-state index in [1.54, 1.807) is 18.3 Å². The molecule has 2 atom stereocenters. The Hall–Kier alpha value is -4.13. The van der Waals surface area contributed by atoms with Crippen LogP contribution >= 0.6 is 0 Å². The highest BCUT2D eigenvalue weighted by Crippen LogP contribution is 2.19. The molecule has 0 spiro atoms. The van der Waals surface area contributed by atoms with Gasteiger partial charge in [0.15, 0.2) is 17.0 Å². The molecule has 1 aliphatic carbocycles. The summed E-state index contributed by atoms with van der Waals surface area (Å²) >= 11 is 0. The standard InChI is InChI=1S/C20H24N8O5/c1-28(9-11-8-23-17-15(24-11)16(21)26-20(22)27-17)12-4-2-10(3-5-12)18(31)25-13(19(32)33)6-7-14(29)30/h2-4,8,12-13H,5-7,9H2,1H3,(H,25,31)(H,29,30)(H,32,33)(H4,21,22,23,26,27)/t12?,13-/m0/s1/i2+1,3+1,4+1,5+1,6+1,7+1,8+1,9+1,10+1,11+1,12+1,13+1,14+1,19+1. The van der Waals surface area contributed by atoms with E-state index in [1.165, 1.54) is 0 Å². The zero-order valence-electron chi connectivity index (χ0n) is 17.8. The number of aromatic nitrogens is 4. The number of likely N-dealkylation sites (N-methyl/N-ethyl adjacent to an activating group) is 1. The Balaban J connectivity index is 1.60. The maximum absolute atomic E-state index is 12.4. The van der Waals surface area contributed by atoms with Crippen molar-refractivity contribution in [1.29, 1.82) is 0 Å².